The molecule has 0 aromatic carbocycles. The van der Waals surface area contributed by atoms with Crippen LogP contribution in [0.3, 0.4) is 0 Å². The van der Waals surface area contributed by atoms with Gasteiger partial charge in [0.15, 0.2) is 55.3 Å². The Hall–Kier alpha value is -5.06. The van der Waals surface area contributed by atoms with E-state index in [2.05, 4.69) is 0 Å². The molecule has 27 heteroatoms. The predicted octanol–water partition coefficient (Wildman–Crippen LogP) is 0.223. The van der Waals surface area contributed by atoms with Crippen LogP contribution in [-0.2, 0) is 119 Å². The van der Waals surface area contributed by atoms with Crippen LogP contribution < -0.4 is 0 Å². The highest BCUT2D eigenvalue weighted by Gasteiger charge is 2.60. The van der Waals surface area contributed by atoms with Gasteiger partial charge >= 0.3 is 59.7 Å². The first-order chi connectivity index (χ1) is 31.3. The highest BCUT2D eigenvalue weighted by atomic mass is 32.2. The fraction of sp³-hybridized carbons (Fsp3) is 0.725. The van der Waals surface area contributed by atoms with Crippen LogP contribution >= 0.6 is 24.0 Å². The number of rotatable bonds is 18. The molecule has 0 aromatic rings. The van der Waals surface area contributed by atoms with Gasteiger partial charge in [0.1, 0.15) is 55.8 Å². The minimum Gasteiger partial charge on any atom is -0.463 e. The molecule has 0 N–H and O–H groups in total. The third-order valence-corrected chi connectivity index (χ3v) is 10.3. The summed E-state index contributed by atoms with van der Waals surface area (Å²) in [4.78, 5) is 125. The van der Waals surface area contributed by atoms with Crippen LogP contribution in [0.4, 0.5) is 0 Å². The largest absolute Gasteiger partial charge is 0.463 e. The number of hydrogen-bond donors (Lipinski definition) is 0. The molecule has 3 heterocycles. The van der Waals surface area contributed by atoms with Crippen molar-refractivity contribution in [2.75, 3.05) is 19.8 Å². The SMILES string of the molecule is CC(=O)OC[C@H]1O[C@@H](SC(C)=S)[C@H](OC(C)=O)[C@@H](OC(C)=O)[C@@H]1O[C@H]1O[C@H](COC(C)=O)[C@@H](O[C@H]2O[C@H](COC(C)=O)[C@@H](OC(C)=O)[C@H](OC(C)=O)[C@H]2OC(C)=O)[C@H](OC(C)=O)[C@H]1OC(C)=O. The normalized spacial score (nSPS) is 31.3. The van der Waals surface area contributed by atoms with Crippen molar-refractivity contribution in [3.63, 3.8) is 0 Å². The Morgan fingerprint density at radius 3 is 0.955 bits per heavy atom. The number of thiocarbonyl (C=S) groups is 1. The summed E-state index contributed by atoms with van der Waals surface area (Å²) in [6.45, 7) is 9.66. The molecular formula is C40H54O25S2. The number of hydrogen-bond acceptors (Lipinski definition) is 27. The Bertz CT molecular complexity index is 1860. The van der Waals surface area contributed by atoms with Crippen molar-refractivity contribution in [2.45, 2.75) is 167 Å². The fourth-order valence-corrected chi connectivity index (χ4v) is 8.17. The third kappa shape index (κ3) is 17.5. The summed E-state index contributed by atoms with van der Waals surface area (Å²) in [5.41, 5.74) is -1.20. The predicted molar refractivity (Wildman–Crippen MR) is 220 cm³/mol. The zero-order valence-corrected chi connectivity index (χ0v) is 39.9. The Labute approximate surface area is 393 Å². The first-order valence-corrected chi connectivity index (χ1v) is 21.6. The summed E-state index contributed by atoms with van der Waals surface area (Å²) < 4.78 is 86.6. The molecule has 3 saturated heterocycles. The summed E-state index contributed by atoms with van der Waals surface area (Å²) in [5.74, 6) is -9.25. The van der Waals surface area contributed by atoms with Crippen molar-refractivity contribution in [3.05, 3.63) is 0 Å². The van der Waals surface area contributed by atoms with E-state index in [0.29, 0.717) is 4.20 Å². The van der Waals surface area contributed by atoms with E-state index in [4.69, 9.17) is 83.3 Å². The maximum absolute atomic E-state index is 13.0. The van der Waals surface area contributed by atoms with E-state index in [1.165, 1.54) is 6.92 Å². The fourth-order valence-electron chi connectivity index (χ4n) is 7.01. The van der Waals surface area contributed by atoms with Crippen molar-refractivity contribution in [1.29, 1.82) is 0 Å². The van der Waals surface area contributed by atoms with Crippen molar-refractivity contribution in [2.24, 2.45) is 0 Å². The van der Waals surface area contributed by atoms with Crippen LogP contribution in [0.25, 0.3) is 0 Å². The van der Waals surface area contributed by atoms with Crippen molar-refractivity contribution in [3.8, 4) is 0 Å². The van der Waals surface area contributed by atoms with E-state index in [0.717, 1.165) is 81.0 Å². The Kier molecular flexibility index (Phi) is 21.8. The van der Waals surface area contributed by atoms with Crippen LogP contribution in [0.1, 0.15) is 76.2 Å². The van der Waals surface area contributed by atoms with E-state index in [1.807, 2.05) is 0 Å². The van der Waals surface area contributed by atoms with E-state index in [9.17, 15) is 47.9 Å². The molecule has 0 amide bonds. The van der Waals surface area contributed by atoms with E-state index in [1.54, 1.807) is 0 Å². The first-order valence-electron chi connectivity index (χ1n) is 20.3. The van der Waals surface area contributed by atoms with E-state index >= 15 is 0 Å². The minimum absolute atomic E-state index is 0.292. The van der Waals surface area contributed by atoms with Crippen LogP contribution in [-0.4, -0.2) is 175 Å². The lowest BCUT2D eigenvalue weighted by atomic mass is 9.95. The smallest absolute Gasteiger partial charge is 0.303 e. The van der Waals surface area contributed by atoms with Crippen LogP contribution in [0.15, 0.2) is 0 Å². The average Bonchev–Trinajstić information content (AvgIpc) is 3.17. The molecular weight excluding hydrogens is 945 g/mol. The number of esters is 10. The van der Waals surface area contributed by atoms with Gasteiger partial charge in [-0.1, -0.05) is 24.0 Å². The highest BCUT2D eigenvalue weighted by Crippen LogP contribution is 2.39. The zero-order chi connectivity index (χ0) is 50.4. The van der Waals surface area contributed by atoms with E-state index in [-0.39, 0.29) is 0 Å². The van der Waals surface area contributed by atoms with Gasteiger partial charge in [0.05, 0.1) is 0 Å². The lowest BCUT2D eigenvalue weighted by Gasteiger charge is -2.50. The van der Waals surface area contributed by atoms with Gasteiger partial charge in [-0.2, -0.15) is 0 Å². The molecule has 3 aliphatic rings. The van der Waals surface area contributed by atoms with Gasteiger partial charge in [-0.3, -0.25) is 47.9 Å². The van der Waals surface area contributed by atoms with E-state index < -0.39 is 171 Å². The molecule has 0 aromatic heterocycles. The first kappa shape index (κ1) is 56.3. The standard InChI is InChI=1S/C40H54O25S2/c1-15(41)51-12-26-29(54-18(4)44)32(55-19(5)45)35(58-22(8)48)38(61-26)64-30-27(13-52-16(2)42)62-39(36(59-23(9)49)33(30)56-20(6)46)65-31-28(14-53-17(3)43)63-40(67-25(11)66)37(60-24(10)50)34(31)57-21(7)47/h26-40H,12-14H2,1-11H3/t26-,27-,28-,29-,30-,31-,32+,33+,34+,35-,36-,37-,38-,39-,40+/m1/s1. The van der Waals surface area contributed by atoms with Crippen LogP contribution in [0.5, 0.6) is 0 Å². The van der Waals surface area contributed by atoms with Crippen LogP contribution in [0.2, 0.25) is 0 Å². The van der Waals surface area contributed by atoms with Gasteiger partial charge in [0.25, 0.3) is 0 Å². The Balaban J connectivity index is 2.31. The molecule has 3 fully saturated rings. The molecule has 15 atom stereocenters. The van der Waals surface area contributed by atoms with Gasteiger partial charge in [-0.05, 0) is 6.92 Å². The molecule has 3 aliphatic heterocycles. The minimum atomic E-state index is -1.98. The van der Waals surface area contributed by atoms with Crippen LogP contribution in [0, 0.1) is 0 Å². The molecule has 3 rings (SSSR count). The maximum Gasteiger partial charge on any atom is 0.303 e. The third-order valence-electron chi connectivity index (χ3n) is 9.11. The molecule has 0 bridgehead atoms. The quantitative estimate of drug-likeness (QED) is 0.101. The van der Waals surface area contributed by atoms with Gasteiger partial charge in [-0.15, -0.1) is 0 Å². The lowest BCUT2D eigenvalue weighted by molar-refractivity contribution is -0.372. The number of thioether (sulfide) groups is 1. The molecule has 0 aliphatic carbocycles. The summed E-state index contributed by atoms with van der Waals surface area (Å²) in [6.07, 6.45) is -24.3. The Morgan fingerprint density at radius 1 is 0.358 bits per heavy atom. The maximum atomic E-state index is 13.0. The molecule has 0 unspecified atom stereocenters. The Morgan fingerprint density at radius 2 is 0.627 bits per heavy atom. The number of ether oxygens (including phenoxy) is 15. The molecule has 0 radical (unpaired) electrons. The second-order valence-corrected chi connectivity index (χ2v) is 17.0. The van der Waals surface area contributed by atoms with Gasteiger partial charge in [0, 0.05) is 73.4 Å². The summed E-state index contributed by atoms with van der Waals surface area (Å²) in [7, 11) is 0. The molecule has 0 spiro atoms. The second-order valence-electron chi connectivity index (χ2n) is 14.9. The number of carbonyl (C=O) groups excluding carboxylic acids is 10. The molecule has 67 heavy (non-hydrogen) atoms. The molecule has 25 nitrogen and oxygen atoms in total. The van der Waals surface area contributed by atoms with Gasteiger partial charge in [-0.25, -0.2) is 0 Å². The van der Waals surface area contributed by atoms with Gasteiger partial charge < -0.3 is 71.1 Å². The molecule has 376 valence electrons. The summed E-state index contributed by atoms with van der Waals surface area (Å²) >= 11 is 6.17. The lowest BCUT2D eigenvalue weighted by Crippen LogP contribution is -2.68. The highest BCUT2D eigenvalue weighted by molar-refractivity contribution is 8.23. The zero-order valence-electron chi connectivity index (χ0n) is 38.3. The van der Waals surface area contributed by atoms with Crippen molar-refractivity contribution < 1.29 is 119 Å². The topological polar surface area (TPSA) is 309 Å². The average molecular weight is 999 g/mol. The second kappa shape index (κ2) is 25.9. The van der Waals surface area contributed by atoms with Crippen molar-refractivity contribution in [1.82, 2.24) is 0 Å². The monoisotopic (exact) mass is 998 g/mol. The number of carbonyl (C=O) groups is 10. The molecule has 0 saturated carbocycles. The van der Waals surface area contributed by atoms with Crippen molar-refractivity contribution >= 4 is 87.9 Å². The summed E-state index contributed by atoms with van der Waals surface area (Å²) in [6, 6.07) is 0. The summed E-state index contributed by atoms with van der Waals surface area (Å²) in [5, 5.41) is 0. The van der Waals surface area contributed by atoms with Gasteiger partial charge in [0.2, 0.25) is 0 Å².